The molecule has 7 nitrogen and oxygen atoms in total. The molecule has 0 atom stereocenters. The number of carbonyl (C=O) groups excluding carboxylic acids is 1. The molecular weight excluding hydrogens is 364 g/mol. The van der Waals surface area contributed by atoms with Gasteiger partial charge in [-0.25, -0.2) is 4.98 Å². The van der Waals surface area contributed by atoms with E-state index in [-0.39, 0.29) is 5.91 Å². The highest BCUT2D eigenvalue weighted by atomic mass is 16.2. The van der Waals surface area contributed by atoms with Gasteiger partial charge in [0.05, 0.1) is 17.7 Å². The lowest BCUT2D eigenvalue weighted by atomic mass is 9.84. The number of piperazine rings is 1. The monoisotopic (exact) mass is 388 g/mol. The van der Waals surface area contributed by atoms with Gasteiger partial charge >= 0.3 is 0 Å². The number of hydrogen-bond donors (Lipinski definition) is 1. The number of rotatable bonds is 3. The van der Waals surface area contributed by atoms with E-state index in [0.717, 1.165) is 46.5 Å². The number of pyridine rings is 1. The maximum atomic E-state index is 11.7. The summed E-state index contributed by atoms with van der Waals surface area (Å²) in [5.41, 5.74) is 4.22. The van der Waals surface area contributed by atoms with E-state index in [4.69, 9.17) is 0 Å². The van der Waals surface area contributed by atoms with E-state index < -0.39 is 5.41 Å². The normalized spacial score (nSPS) is 14.8. The molecule has 0 spiro atoms. The largest absolute Gasteiger partial charge is 0.368 e. The maximum absolute atomic E-state index is 11.7. The van der Waals surface area contributed by atoms with E-state index in [1.54, 1.807) is 19.3 Å². The van der Waals surface area contributed by atoms with Crippen LogP contribution in [0.4, 0.5) is 5.69 Å². The van der Waals surface area contributed by atoms with Crippen molar-refractivity contribution in [1.82, 2.24) is 20.1 Å². The van der Waals surface area contributed by atoms with Gasteiger partial charge in [-0.1, -0.05) is 0 Å². The summed E-state index contributed by atoms with van der Waals surface area (Å²) >= 11 is 0. The van der Waals surface area contributed by atoms with E-state index in [1.165, 1.54) is 0 Å². The van der Waals surface area contributed by atoms with Crippen molar-refractivity contribution in [1.29, 1.82) is 5.26 Å². The Kier molecular flexibility index (Phi) is 4.71. The number of benzene rings is 1. The summed E-state index contributed by atoms with van der Waals surface area (Å²) in [5, 5.41) is 17.7. The molecule has 0 bridgehead atoms. The molecule has 1 aliphatic heterocycles. The van der Waals surface area contributed by atoms with Gasteiger partial charge in [0.2, 0.25) is 5.91 Å². The summed E-state index contributed by atoms with van der Waals surface area (Å²) < 4.78 is 0. The maximum Gasteiger partial charge on any atom is 0.219 e. The van der Waals surface area contributed by atoms with Crippen LogP contribution in [0.25, 0.3) is 22.2 Å². The second kappa shape index (κ2) is 7.21. The molecule has 0 unspecified atom stereocenters. The number of nitrogens with zero attached hydrogens (tertiary/aromatic N) is 5. The number of H-pyrrole nitrogens is 1. The van der Waals surface area contributed by atoms with E-state index in [0.29, 0.717) is 13.1 Å². The first-order valence-electron chi connectivity index (χ1n) is 9.75. The molecule has 4 rings (SSSR count). The Balaban J connectivity index is 1.80. The molecular formula is C22H24N6O. The van der Waals surface area contributed by atoms with Crippen LogP contribution in [0.15, 0.2) is 36.7 Å². The van der Waals surface area contributed by atoms with Crippen molar-refractivity contribution in [3.63, 3.8) is 0 Å². The predicted molar refractivity (Wildman–Crippen MR) is 112 cm³/mol. The predicted octanol–water partition coefficient (Wildman–Crippen LogP) is 3.09. The van der Waals surface area contributed by atoms with Gasteiger partial charge in [-0.05, 0) is 54.8 Å². The molecule has 1 fully saturated rings. The zero-order valence-electron chi connectivity index (χ0n) is 16.9. The van der Waals surface area contributed by atoms with Crippen molar-refractivity contribution in [3.8, 4) is 17.2 Å². The fraction of sp³-hybridized carbons (Fsp3) is 0.364. The summed E-state index contributed by atoms with van der Waals surface area (Å²) in [6.07, 6.45) is 3.55. The molecule has 0 radical (unpaired) electrons. The van der Waals surface area contributed by atoms with Crippen molar-refractivity contribution < 1.29 is 4.79 Å². The summed E-state index contributed by atoms with van der Waals surface area (Å²) in [4.78, 5) is 20.2. The van der Waals surface area contributed by atoms with Crippen LogP contribution in [0.5, 0.6) is 0 Å². The topological polar surface area (TPSA) is 88.9 Å². The molecule has 0 saturated carbocycles. The minimum atomic E-state index is -0.617. The quantitative estimate of drug-likeness (QED) is 0.745. The lowest BCUT2D eigenvalue weighted by molar-refractivity contribution is -0.129. The van der Waals surface area contributed by atoms with E-state index in [1.807, 2.05) is 24.8 Å². The first kappa shape index (κ1) is 18.9. The van der Waals surface area contributed by atoms with Crippen molar-refractivity contribution in [3.05, 3.63) is 42.2 Å². The standard InChI is InChI=1S/C22H24N6O/c1-15(29)27-6-8-28(9-7-27)18-11-16(10-17(12-18)22(2,3)14-23)19-4-5-24-21-20(19)13-25-26-21/h4-5,10-13H,6-9H2,1-3H3,(H,24,25,26). The van der Waals surface area contributed by atoms with Crippen molar-refractivity contribution in [2.45, 2.75) is 26.2 Å². The fourth-order valence-electron chi connectivity index (χ4n) is 3.76. The molecule has 1 aromatic carbocycles. The van der Waals surface area contributed by atoms with Gasteiger partial charge in [-0.15, -0.1) is 0 Å². The molecule has 29 heavy (non-hydrogen) atoms. The SMILES string of the molecule is CC(=O)N1CCN(c2cc(-c3ccnc4[nH]ncc34)cc(C(C)(C)C#N)c2)CC1. The zero-order chi connectivity index (χ0) is 20.6. The lowest BCUT2D eigenvalue weighted by Crippen LogP contribution is -2.48. The molecule has 3 aromatic rings. The van der Waals surface area contributed by atoms with Gasteiger partial charge in [-0.3, -0.25) is 9.89 Å². The lowest BCUT2D eigenvalue weighted by Gasteiger charge is -2.36. The van der Waals surface area contributed by atoms with Gasteiger partial charge in [0, 0.05) is 50.4 Å². The Morgan fingerprint density at radius 2 is 1.97 bits per heavy atom. The third kappa shape index (κ3) is 3.54. The van der Waals surface area contributed by atoms with Crippen LogP contribution in [0.3, 0.4) is 0 Å². The first-order chi connectivity index (χ1) is 13.9. The number of nitriles is 1. The Morgan fingerprint density at radius 3 is 2.66 bits per heavy atom. The molecule has 2 aromatic heterocycles. The number of nitrogens with one attached hydrogen (secondary N) is 1. The number of aromatic amines is 1. The molecule has 1 saturated heterocycles. The van der Waals surface area contributed by atoms with Gasteiger partial charge < -0.3 is 9.80 Å². The molecule has 7 heteroatoms. The summed E-state index contributed by atoms with van der Waals surface area (Å²) in [6.45, 7) is 8.44. The number of anilines is 1. The zero-order valence-corrected chi connectivity index (χ0v) is 16.9. The number of carbonyl (C=O) groups is 1. The summed E-state index contributed by atoms with van der Waals surface area (Å²) in [5.74, 6) is 0.115. The van der Waals surface area contributed by atoms with Crippen LogP contribution >= 0.6 is 0 Å². The van der Waals surface area contributed by atoms with Gasteiger partial charge in [-0.2, -0.15) is 10.4 Å². The molecule has 1 N–H and O–H groups in total. The smallest absolute Gasteiger partial charge is 0.219 e. The highest BCUT2D eigenvalue weighted by Crippen LogP contribution is 2.35. The third-order valence-electron chi connectivity index (χ3n) is 5.67. The Bertz CT molecular complexity index is 1100. The van der Waals surface area contributed by atoms with Crippen molar-refractivity contribution >= 4 is 22.6 Å². The minimum absolute atomic E-state index is 0.115. The average Bonchev–Trinajstić information content (AvgIpc) is 3.22. The number of fused-ring (bicyclic) bond motifs is 1. The van der Waals surface area contributed by atoms with Crippen LogP contribution in [0, 0.1) is 11.3 Å². The van der Waals surface area contributed by atoms with Crippen LogP contribution in [-0.2, 0) is 10.2 Å². The second-order valence-corrected chi connectivity index (χ2v) is 7.99. The van der Waals surface area contributed by atoms with E-state index in [2.05, 4.69) is 44.3 Å². The van der Waals surface area contributed by atoms with Crippen molar-refractivity contribution in [2.75, 3.05) is 31.1 Å². The Morgan fingerprint density at radius 1 is 1.21 bits per heavy atom. The Labute approximate surface area is 170 Å². The van der Waals surface area contributed by atoms with Gasteiger partial charge in [0.25, 0.3) is 0 Å². The van der Waals surface area contributed by atoms with Gasteiger partial charge in [0.1, 0.15) is 0 Å². The Hall–Kier alpha value is -3.40. The molecule has 0 aliphatic carbocycles. The third-order valence-corrected chi connectivity index (χ3v) is 5.67. The fourth-order valence-corrected chi connectivity index (χ4v) is 3.76. The summed E-state index contributed by atoms with van der Waals surface area (Å²) in [6, 6.07) is 10.7. The van der Waals surface area contributed by atoms with E-state index >= 15 is 0 Å². The summed E-state index contributed by atoms with van der Waals surface area (Å²) in [7, 11) is 0. The van der Waals surface area contributed by atoms with Crippen LogP contribution < -0.4 is 4.90 Å². The molecule has 148 valence electrons. The minimum Gasteiger partial charge on any atom is -0.368 e. The highest BCUT2D eigenvalue weighted by molar-refractivity contribution is 5.93. The molecule has 3 heterocycles. The van der Waals surface area contributed by atoms with Crippen LogP contribution in [-0.4, -0.2) is 52.2 Å². The molecule has 1 amide bonds. The molecule has 1 aliphatic rings. The first-order valence-corrected chi connectivity index (χ1v) is 9.75. The van der Waals surface area contributed by atoms with Crippen LogP contribution in [0.1, 0.15) is 26.3 Å². The van der Waals surface area contributed by atoms with E-state index in [9.17, 15) is 10.1 Å². The van der Waals surface area contributed by atoms with Crippen molar-refractivity contribution in [2.24, 2.45) is 0 Å². The average molecular weight is 388 g/mol. The number of hydrogen-bond acceptors (Lipinski definition) is 5. The van der Waals surface area contributed by atoms with Crippen LogP contribution in [0.2, 0.25) is 0 Å². The highest BCUT2D eigenvalue weighted by Gasteiger charge is 2.25. The van der Waals surface area contributed by atoms with Gasteiger partial charge in [0.15, 0.2) is 5.65 Å². The number of amides is 1. The number of aromatic nitrogens is 3. The second-order valence-electron chi connectivity index (χ2n) is 7.99.